The number of nitrogens with zero attached hydrogens (tertiary/aromatic N) is 1. The molecule has 0 spiro atoms. The van der Waals surface area contributed by atoms with Gasteiger partial charge in [-0.1, -0.05) is 13.8 Å². The van der Waals surface area contributed by atoms with Crippen LogP contribution in [0.25, 0.3) is 0 Å². The van der Waals surface area contributed by atoms with Crippen LogP contribution in [0, 0.1) is 6.92 Å². The van der Waals surface area contributed by atoms with Gasteiger partial charge in [0.1, 0.15) is 11.5 Å². The highest BCUT2D eigenvalue weighted by molar-refractivity contribution is 5.20. The Morgan fingerprint density at radius 3 is 2.55 bits per heavy atom. The number of aryl methyl sites for hydroxylation is 1. The molecule has 0 aromatic carbocycles. The number of hydrogen-bond donors (Lipinski definition) is 1. The maximum atomic E-state index is 12.2. The highest BCUT2D eigenvalue weighted by Gasteiger charge is 2.27. The zero-order valence-electron chi connectivity index (χ0n) is 12.5. The van der Waals surface area contributed by atoms with Crippen LogP contribution in [0.4, 0.5) is 13.2 Å². The molecule has 20 heavy (non-hydrogen) atoms. The molecule has 0 saturated carbocycles. The van der Waals surface area contributed by atoms with Gasteiger partial charge >= 0.3 is 6.18 Å². The fourth-order valence-electron chi connectivity index (χ4n) is 1.82. The third-order valence-electron chi connectivity index (χ3n) is 2.97. The molecule has 6 heteroatoms. The molecule has 0 amide bonds. The van der Waals surface area contributed by atoms with Gasteiger partial charge in [0, 0.05) is 24.7 Å². The van der Waals surface area contributed by atoms with E-state index in [1.165, 1.54) is 0 Å². The van der Waals surface area contributed by atoms with E-state index in [-0.39, 0.29) is 6.54 Å². The summed E-state index contributed by atoms with van der Waals surface area (Å²) in [7, 11) is 1.68. The first-order chi connectivity index (χ1) is 9.17. The lowest BCUT2D eigenvalue weighted by Gasteiger charge is -2.17. The Balaban J connectivity index is 2.50. The van der Waals surface area contributed by atoms with Crippen molar-refractivity contribution in [3.63, 3.8) is 0 Å². The summed E-state index contributed by atoms with van der Waals surface area (Å²) >= 11 is 0. The lowest BCUT2D eigenvalue weighted by Crippen LogP contribution is -2.24. The number of hydrogen-bond acceptors (Lipinski definition) is 3. The average molecular weight is 292 g/mol. The van der Waals surface area contributed by atoms with Gasteiger partial charge in [0.15, 0.2) is 0 Å². The number of furan rings is 1. The molecule has 0 saturated heterocycles. The molecule has 0 unspecified atom stereocenters. The maximum absolute atomic E-state index is 12.2. The summed E-state index contributed by atoms with van der Waals surface area (Å²) in [5.74, 6) is 1.58. The van der Waals surface area contributed by atoms with Crippen molar-refractivity contribution in [2.75, 3.05) is 13.6 Å². The summed E-state index contributed by atoms with van der Waals surface area (Å²) in [5.41, 5.74) is 0.940. The Bertz CT molecular complexity index is 413. The van der Waals surface area contributed by atoms with E-state index in [4.69, 9.17) is 4.42 Å². The van der Waals surface area contributed by atoms with E-state index in [1.807, 2.05) is 26.8 Å². The standard InChI is InChI=1S/C14H23F3N2O/c1-10(2)18-8-13-7-12(11(3)20-13)9-19(4)6-5-14(15,16)17/h7,10,18H,5-6,8-9H2,1-4H3. The third-order valence-corrected chi connectivity index (χ3v) is 2.97. The van der Waals surface area contributed by atoms with E-state index in [0.29, 0.717) is 19.1 Å². The minimum absolute atomic E-state index is 0.00625. The molecule has 0 fully saturated rings. The SMILES string of the molecule is Cc1oc(CNC(C)C)cc1CN(C)CCC(F)(F)F. The summed E-state index contributed by atoms with van der Waals surface area (Å²) in [6, 6.07) is 2.27. The van der Waals surface area contributed by atoms with Gasteiger partial charge in [0.25, 0.3) is 0 Å². The highest BCUT2D eigenvalue weighted by Crippen LogP contribution is 2.21. The molecule has 0 atom stereocenters. The van der Waals surface area contributed by atoms with E-state index in [1.54, 1.807) is 11.9 Å². The van der Waals surface area contributed by atoms with E-state index in [0.717, 1.165) is 17.1 Å². The third kappa shape index (κ3) is 6.43. The molecule has 3 nitrogen and oxygen atoms in total. The second kappa shape index (κ2) is 7.13. The van der Waals surface area contributed by atoms with Crippen molar-refractivity contribution in [1.82, 2.24) is 10.2 Å². The fourth-order valence-corrected chi connectivity index (χ4v) is 1.82. The second-order valence-electron chi connectivity index (χ2n) is 5.43. The summed E-state index contributed by atoms with van der Waals surface area (Å²) in [5, 5.41) is 3.24. The maximum Gasteiger partial charge on any atom is 0.390 e. The van der Waals surface area contributed by atoms with Gasteiger partial charge in [-0.3, -0.25) is 0 Å². The molecule has 116 valence electrons. The van der Waals surface area contributed by atoms with Crippen molar-refractivity contribution in [3.05, 3.63) is 23.2 Å². The molecule has 0 bridgehead atoms. The van der Waals surface area contributed by atoms with E-state index >= 15 is 0 Å². The molecule has 0 radical (unpaired) electrons. The molecule has 1 aromatic rings. The van der Waals surface area contributed by atoms with Crippen LogP contribution in [-0.2, 0) is 13.1 Å². The molecule has 1 heterocycles. The Kier molecular flexibility index (Phi) is 6.07. The number of halogens is 3. The van der Waals surface area contributed by atoms with Crippen LogP contribution >= 0.6 is 0 Å². The van der Waals surface area contributed by atoms with E-state index in [9.17, 15) is 13.2 Å². The molecule has 1 aromatic heterocycles. The van der Waals surface area contributed by atoms with Gasteiger partial charge in [0.2, 0.25) is 0 Å². The van der Waals surface area contributed by atoms with Crippen LogP contribution < -0.4 is 5.32 Å². The zero-order valence-corrected chi connectivity index (χ0v) is 12.5. The van der Waals surface area contributed by atoms with Gasteiger partial charge in [-0.05, 0) is 20.0 Å². The van der Waals surface area contributed by atoms with Crippen molar-refractivity contribution in [1.29, 1.82) is 0 Å². The second-order valence-corrected chi connectivity index (χ2v) is 5.43. The number of rotatable bonds is 7. The first-order valence-electron chi connectivity index (χ1n) is 6.74. The van der Waals surface area contributed by atoms with E-state index < -0.39 is 12.6 Å². The number of alkyl halides is 3. The van der Waals surface area contributed by atoms with Crippen LogP contribution in [-0.4, -0.2) is 30.7 Å². The van der Waals surface area contributed by atoms with Crippen LogP contribution in [0.5, 0.6) is 0 Å². The monoisotopic (exact) mass is 292 g/mol. The summed E-state index contributed by atoms with van der Waals surface area (Å²) in [4.78, 5) is 1.66. The molecule has 1 N–H and O–H groups in total. The minimum atomic E-state index is -4.11. The minimum Gasteiger partial charge on any atom is -0.465 e. The molecule has 0 aliphatic rings. The van der Waals surface area contributed by atoms with Gasteiger partial charge in [0.05, 0.1) is 13.0 Å². The lowest BCUT2D eigenvalue weighted by atomic mass is 10.2. The van der Waals surface area contributed by atoms with Crippen molar-refractivity contribution >= 4 is 0 Å². The van der Waals surface area contributed by atoms with Gasteiger partial charge in [-0.2, -0.15) is 13.2 Å². The number of nitrogens with one attached hydrogen (secondary N) is 1. The molecule has 0 aliphatic carbocycles. The smallest absolute Gasteiger partial charge is 0.390 e. The van der Waals surface area contributed by atoms with Crippen molar-refractivity contribution in [3.8, 4) is 0 Å². The predicted octanol–water partition coefficient (Wildman–Crippen LogP) is 3.47. The topological polar surface area (TPSA) is 28.4 Å². The highest BCUT2D eigenvalue weighted by atomic mass is 19.4. The Hall–Kier alpha value is -1.01. The molecule has 0 aliphatic heterocycles. The van der Waals surface area contributed by atoms with Crippen molar-refractivity contribution < 1.29 is 17.6 Å². The van der Waals surface area contributed by atoms with Gasteiger partial charge < -0.3 is 14.6 Å². The first kappa shape index (κ1) is 17.0. The van der Waals surface area contributed by atoms with Crippen molar-refractivity contribution in [2.24, 2.45) is 0 Å². The molecular weight excluding hydrogens is 269 g/mol. The van der Waals surface area contributed by atoms with Crippen LogP contribution in [0.1, 0.15) is 37.4 Å². The van der Waals surface area contributed by atoms with Crippen LogP contribution in [0.3, 0.4) is 0 Å². The average Bonchev–Trinajstić information content (AvgIpc) is 2.64. The largest absolute Gasteiger partial charge is 0.465 e. The zero-order chi connectivity index (χ0) is 15.3. The molecular formula is C14H23F3N2O. The van der Waals surface area contributed by atoms with Crippen LogP contribution in [0.15, 0.2) is 10.5 Å². The quantitative estimate of drug-likeness (QED) is 0.834. The summed E-state index contributed by atoms with van der Waals surface area (Å²) < 4.78 is 42.1. The Morgan fingerprint density at radius 2 is 2.00 bits per heavy atom. The molecule has 1 rings (SSSR count). The predicted molar refractivity (Wildman–Crippen MR) is 72.4 cm³/mol. The van der Waals surface area contributed by atoms with Gasteiger partial charge in [-0.15, -0.1) is 0 Å². The lowest BCUT2D eigenvalue weighted by molar-refractivity contribution is -0.137. The van der Waals surface area contributed by atoms with Gasteiger partial charge in [-0.25, -0.2) is 0 Å². The fraction of sp³-hybridized carbons (Fsp3) is 0.714. The van der Waals surface area contributed by atoms with Crippen molar-refractivity contribution in [2.45, 2.75) is 52.5 Å². The summed E-state index contributed by atoms with van der Waals surface area (Å²) in [6.45, 7) is 7.01. The van der Waals surface area contributed by atoms with E-state index in [2.05, 4.69) is 5.32 Å². The Morgan fingerprint density at radius 1 is 1.35 bits per heavy atom. The first-order valence-corrected chi connectivity index (χ1v) is 6.74. The Labute approximate surface area is 118 Å². The van der Waals surface area contributed by atoms with Crippen LogP contribution in [0.2, 0.25) is 0 Å². The summed E-state index contributed by atoms with van der Waals surface area (Å²) in [6.07, 6.45) is -4.89. The normalized spacial score (nSPS) is 12.7.